The molecule has 0 radical (unpaired) electrons. The number of hydrogen-bond donors (Lipinski definition) is 0. The summed E-state index contributed by atoms with van der Waals surface area (Å²) >= 11 is 0. The molecule has 2 aromatic heterocycles. The zero-order valence-corrected chi connectivity index (χ0v) is 17.0. The van der Waals surface area contributed by atoms with Crippen molar-refractivity contribution >= 4 is 5.82 Å². The molecule has 1 saturated heterocycles. The van der Waals surface area contributed by atoms with Crippen LogP contribution in [0.4, 0.5) is 5.82 Å². The van der Waals surface area contributed by atoms with Crippen molar-refractivity contribution in [2.45, 2.75) is 13.5 Å². The molecule has 1 aliphatic rings. The lowest BCUT2D eigenvalue weighted by Crippen LogP contribution is -2.46. The van der Waals surface area contributed by atoms with E-state index in [9.17, 15) is 0 Å². The van der Waals surface area contributed by atoms with Gasteiger partial charge in [0.05, 0.1) is 26.1 Å². The number of ether oxygens (including phenoxy) is 2. The average molecular weight is 395 g/mol. The van der Waals surface area contributed by atoms with Crippen molar-refractivity contribution in [1.82, 2.24) is 19.9 Å². The lowest BCUT2D eigenvalue weighted by Gasteiger charge is -2.34. The van der Waals surface area contributed by atoms with Crippen molar-refractivity contribution < 1.29 is 13.9 Å². The summed E-state index contributed by atoms with van der Waals surface area (Å²) in [4.78, 5) is 17.9. The number of benzene rings is 1. The van der Waals surface area contributed by atoms with E-state index in [0.29, 0.717) is 17.4 Å². The van der Waals surface area contributed by atoms with Gasteiger partial charge in [-0.3, -0.25) is 9.88 Å². The Labute approximate surface area is 170 Å². The average Bonchev–Trinajstić information content (AvgIpc) is 3.14. The summed E-state index contributed by atoms with van der Waals surface area (Å²) in [5.74, 6) is 3.70. The predicted octanol–water partition coefficient (Wildman–Crippen LogP) is 2.78. The molecule has 0 spiro atoms. The first-order valence-corrected chi connectivity index (χ1v) is 9.60. The molecule has 0 amide bonds. The number of nitrogens with zero attached hydrogens (tertiary/aromatic N) is 5. The zero-order valence-electron chi connectivity index (χ0n) is 17.0. The van der Waals surface area contributed by atoms with Crippen molar-refractivity contribution in [3.8, 4) is 23.0 Å². The minimum atomic E-state index is 0.594. The summed E-state index contributed by atoms with van der Waals surface area (Å²) in [5, 5.41) is 0. The molecule has 8 heteroatoms. The van der Waals surface area contributed by atoms with Crippen molar-refractivity contribution in [2.24, 2.45) is 0 Å². The fraction of sp³-hybridized carbons (Fsp3) is 0.381. The molecular weight excluding hydrogens is 370 g/mol. The molecule has 8 nitrogen and oxygen atoms in total. The van der Waals surface area contributed by atoms with Crippen LogP contribution in [0, 0.1) is 6.92 Å². The van der Waals surface area contributed by atoms with Gasteiger partial charge in [-0.05, 0) is 25.1 Å². The summed E-state index contributed by atoms with van der Waals surface area (Å²) in [6, 6.07) is 5.67. The smallest absolute Gasteiger partial charge is 0.226 e. The number of oxazole rings is 1. The van der Waals surface area contributed by atoms with E-state index in [1.54, 1.807) is 26.6 Å². The van der Waals surface area contributed by atoms with Crippen LogP contribution in [0.15, 0.2) is 41.2 Å². The van der Waals surface area contributed by atoms with Gasteiger partial charge >= 0.3 is 0 Å². The molecule has 0 bridgehead atoms. The number of aromatic nitrogens is 3. The van der Waals surface area contributed by atoms with Gasteiger partial charge in [-0.1, -0.05) is 0 Å². The van der Waals surface area contributed by atoms with Crippen molar-refractivity contribution in [3.05, 3.63) is 48.2 Å². The van der Waals surface area contributed by atoms with Crippen LogP contribution in [0.25, 0.3) is 11.5 Å². The molecule has 0 N–H and O–H groups in total. The van der Waals surface area contributed by atoms with Crippen LogP contribution in [0.5, 0.6) is 11.5 Å². The van der Waals surface area contributed by atoms with Crippen molar-refractivity contribution in [2.75, 3.05) is 45.3 Å². The number of anilines is 1. The summed E-state index contributed by atoms with van der Waals surface area (Å²) in [6.07, 6.45) is 5.24. The normalized spacial score (nSPS) is 14.8. The molecule has 0 aliphatic carbocycles. The quantitative estimate of drug-likeness (QED) is 0.631. The number of methoxy groups -OCH3 is 2. The largest absolute Gasteiger partial charge is 0.493 e. The van der Waals surface area contributed by atoms with Gasteiger partial charge in [-0.2, -0.15) is 0 Å². The summed E-state index contributed by atoms with van der Waals surface area (Å²) in [5.41, 5.74) is 1.83. The fourth-order valence-electron chi connectivity index (χ4n) is 3.47. The van der Waals surface area contributed by atoms with E-state index in [0.717, 1.165) is 55.6 Å². The van der Waals surface area contributed by atoms with Gasteiger partial charge in [-0.25, -0.2) is 9.97 Å². The Morgan fingerprint density at radius 3 is 2.52 bits per heavy atom. The topological polar surface area (TPSA) is 76.8 Å². The molecule has 29 heavy (non-hydrogen) atoms. The number of rotatable bonds is 6. The Kier molecular flexibility index (Phi) is 5.62. The Morgan fingerprint density at radius 1 is 1.03 bits per heavy atom. The second-order valence-corrected chi connectivity index (χ2v) is 6.92. The molecule has 1 fully saturated rings. The lowest BCUT2D eigenvalue weighted by molar-refractivity contribution is 0.245. The number of piperazine rings is 1. The first-order chi connectivity index (χ1) is 14.2. The maximum absolute atomic E-state index is 5.94. The highest BCUT2D eigenvalue weighted by Gasteiger charge is 2.21. The van der Waals surface area contributed by atoms with Gasteiger partial charge in [0.1, 0.15) is 11.6 Å². The highest BCUT2D eigenvalue weighted by atomic mass is 16.5. The maximum atomic E-state index is 5.94. The summed E-state index contributed by atoms with van der Waals surface area (Å²) in [7, 11) is 3.24. The molecule has 1 aromatic carbocycles. The Morgan fingerprint density at radius 2 is 1.83 bits per heavy atom. The Hall–Kier alpha value is -3.13. The molecule has 0 saturated carbocycles. The third kappa shape index (κ3) is 4.17. The monoisotopic (exact) mass is 395 g/mol. The van der Waals surface area contributed by atoms with Crippen molar-refractivity contribution in [1.29, 1.82) is 0 Å². The second kappa shape index (κ2) is 8.48. The number of hydrogen-bond acceptors (Lipinski definition) is 8. The fourth-order valence-corrected chi connectivity index (χ4v) is 3.47. The molecule has 152 valence electrons. The lowest BCUT2D eigenvalue weighted by atomic mass is 10.2. The molecule has 0 atom stereocenters. The minimum absolute atomic E-state index is 0.594. The van der Waals surface area contributed by atoms with E-state index < -0.39 is 0 Å². The van der Waals surface area contributed by atoms with E-state index in [4.69, 9.17) is 18.9 Å². The predicted molar refractivity (Wildman–Crippen MR) is 109 cm³/mol. The molecule has 4 rings (SSSR count). The molecule has 3 aromatic rings. The molecule has 1 aliphatic heterocycles. The van der Waals surface area contributed by atoms with Crippen LogP contribution in [0.3, 0.4) is 0 Å². The van der Waals surface area contributed by atoms with Gasteiger partial charge in [-0.15, -0.1) is 0 Å². The van der Waals surface area contributed by atoms with Gasteiger partial charge in [0.2, 0.25) is 5.89 Å². The SMILES string of the molecule is COc1ccc(-c2nc(CN3CCN(c4cnccn4)CC3)c(C)o2)cc1OC. The van der Waals surface area contributed by atoms with E-state index in [-0.39, 0.29) is 0 Å². The number of aryl methyl sites for hydroxylation is 1. The van der Waals surface area contributed by atoms with E-state index in [1.807, 2.05) is 31.3 Å². The van der Waals surface area contributed by atoms with E-state index >= 15 is 0 Å². The van der Waals surface area contributed by atoms with Crippen molar-refractivity contribution in [3.63, 3.8) is 0 Å². The molecule has 3 heterocycles. The van der Waals surface area contributed by atoms with Gasteiger partial charge in [0.15, 0.2) is 11.5 Å². The van der Waals surface area contributed by atoms with Gasteiger partial charge in [0, 0.05) is 50.7 Å². The third-order valence-electron chi connectivity index (χ3n) is 5.14. The molecular formula is C21H25N5O3. The van der Waals surface area contributed by atoms with Crippen LogP contribution in [0.2, 0.25) is 0 Å². The summed E-state index contributed by atoms with van der Waals surface area (Å²) < 4.78 is 16.6. The van der Waals surface area contributed by atoms with Gasteiger partial charge < -0.3 is 18.8 Å². The van der Waals surface area contributed by atoms with E-state index in [2.05, 4.69) is 19.8 Å². The second-order valence-electron chi connectivity index (χ2n) is 6.92. The first-order valence-electron chi connectivity index (χ1n) is 9.60. The minimum Gasteiger partial charge on any atom is -0.493 e. The Bertz CT molecular complexity index is 952. The van der Waals surface area contributed by atoms with Crippen LogP contribution in [0.1, 0.15) is 11.5 Å². The third-order valence-corrected chi connectivity index (χ3v) is 5.14. The standard InChI is InChI=1S/C21H25N5O3/c1-15-17(14-25-8-10-26(11-9-25)20-13-22-6-7-23-20)24-21(29-15)16-4-5-18(27-2)19(12-16)28-3/h4-7,12-13H,8-11,14H2,1-3H3. The van der Waals surface area contributed by atoms with Crippen LogP contribution in [-0.2, 0) is 6.54 Å². The van der Waals surface area contributed by atoms with Crippen LogP contribution in [-0.4, -0.2) is 60.3 Å². The highest BCUT2D eigenvalue weighted by Crippen LogP contribution is 2.32. The molecule has 0 unspecified atom stereocenters. The summed E-state index contributed by atoms with van der Waals surface area (Å²) in [6.45, 7) is 6.43. The Balaban J connectivity index is 1.43. The van der Waals surface area contributed by atoms with Gasteiger partial charge in [0.25, 0.3) is 0 Å². The van der Waals surface area contributed by atoms with Crippen LogP contribution < -0.4 is 14.4 Å². The van der Waals surface area contributed by atoms with Crippen LogP contribution >= 0.6 is 0 Å². The highest BCUT2D eigenvalue weighted by molar-refractivity contribution is 5.60. The zero-order chi connectivity index (χ0) is 20.2. The maximum Gasteiger partial charge on any atom is 0.226 e. The first kappa shape index (κ1) is 19.2. The van der Waals surface area contributed by atoms with E-state index in [1.165, 1.54) is 0 Å².